The number of carbonyl (C=O) groups excluding carboxylic acids is 1. The first-order chi connectivity index (χ1) is 6.45. The lowest BCUT2D eigenvalue weighted by Crippen LogP contribution is -2.17. The number of unbranched alkanes of at least 4 members (excludes halogenated alkanes) is 1. The van der Waals surface area contributed by atoms with E-state index < -0.39 is 0 Å². The Morgan fingerprint density at radius 3 is 1.86 bits per heavy atom. The van der Waals surface area contributed by atoms with Gasteiger partial charge < -0.3 is 0 Å². The Morgan fingerprint density at radius 2 is 1.50 bits per heavy atom. The van der Waals surface area contributed by atoms with Crippen molar-refractivity contribution in [3.8, 4) is 0 Å². The van der Waals surface area contributed by atoms with E-state index in [9.17, 15) is 4.79 Å². The zero-order valence-electron chi connectivity index (χ0n) is 10.5. The molecule has 0 saturated carbocycles. The molecule has 0 spiro atoms. The van der Waals surface area contributed by atoms with Crippen LogP contribution >= 0.6 is 0 Å². The number of Topliss-reactive ketones (excluding diaryl/α,β-unsaturated/α-hetero) is 1. The molecule has 0 aromatic carbocycles. The molecule has 0 aliphatic heterocycles. The molecule has 0 radical (unpaired) electrons. The van der Waals surface area contributed by atoms with Crippen molar-refractivity contribution in [3.63, 3.8) is 0 Å². The van der Waals surface area contributed by atoms with Gasteiger partial charge >= 0.3 is 0 Å². The van der Waals surface area contributed by atoms with Gasteiger partial charge in [0, 0.05) is 5.92 Å². The molecule has 0 aromatic heterocycles. The van der Waals surface area contributed by atoms with Crippen molar-refractivity contribution >= 4 is 5.78 Å². The van der Waals surface area contributed by atoms with Crippen LogP contribution < -0.4 is 0 Å². The Hall–Kier alpha value is -0.330. The molecule has 14 heavy (non-hydrogen) atoms. The zero-order chi connectivity index (χ0) is 11.1. The van der Waals surface area contributed by atoms with Crippen molar-refractivity contribution in [2.45, 2.75) is 60.3 Å². The van der Waals surface area contributed by atoms with Crippen molar-refractivity contribution < 1.29 is 4.79 Å². The largest absolute Gasteiger partial charge is 0.300 e. The van der Waals surface area contributed by atoms with E-state index in [1.807, 2.05) is 0 Å². The first-order valence-electron chi connectivity index (χ1n) is 5.95. The third-order valence-electron chi connectivity index (χ3n) is 2.87. The molecule has 1 nitrogen and oxygen atoms in total. The van der Waals surface area contributed by atoms with Crippen LogP contribution in [0, 0.1) is 17.8 Å². The lowest BCUT2D eigenvalue weighted by molar-refractivity contribution is -0.122. The highest BCUT2D eigenvalue weighted by atomic mass is 16.1. The minimum atomic E-state index is 0.294. The molecule has 0 amide bonds. The fourth-order valence-corrected chi connectivity index (χ4v) is 1.92. The van der Waals surface area contributed by atoms with Gasteiger partial charge in [0.1, 0.15) is 5.78 Å². The van der Waals surface area contributed by atoms with Gasteiger partial charge in [0.25, 0.3) is 0 Å². The minimum Gasteiger partial charge on any atom is -0.300 e. The van der Waals surface area contributed by atoms with Crippen LogP contribution in [0.25, 0.3) is 0 Å². The van der Waals surface area contributed by atoms with Gasteiger partial charge in [-0.15, -0.1) is 0 Å². The molecule has 1 heteroatoms. The van der Waals surface area contributed by atoms with E-state index in [-0.39, 0.29) is 0 Å². The van der Waals surface area contributed by atoms with Gasteiger partial charge in [-0.3, -0.25) is 4.79 Å². The van der Waals surface area contributed by atoms with Crippen LogP contribution in [0.5, 0.6) is 0 Å². The van der Waals surface area contributed by atoms with Gasteiger partial charge in [0.15, 0.2) is 0 Å². The highest BCUT2D eigenvalue weighted by molar-refractivity contribution is 5.78. The van der Waals surface area contributed by atoms with Gasteiger partial charge in [-0.1, -0.05) is 47.0 Å². The van der Waals surface area contributed by atoms with Crippen LogP contribution in [0.1, 0.15) is 60.3 Å². The van der Waals surface area contributed by atoms with Gasteiger partial charge in [0.05, 0.1) is 0 Å². The summed E-state index contributed by atoms with van der Waals surface area (Å²) >= 11 is 0. The summed E-state index contributed by atoms with van der Waals surface area (Å²) < 4.78 is 0. The highest BCUT2D eigenvalue weighted by Crippen LogP contribution is 2.20. The molecule has 84 valence electrons. The van der Waals surface area contributed by atoms with E-state index in [0.717, 1.165) is 12.3 Å². The van der Waals surface area contributed by atoms with Crippen LogP contribution in [0.15, 0.2) is 0 Å². The van der Waals surface area contributed by atoms with E-state index in [1.165, 1.54) is 19.3 Å². The predicted molar refractivity (Wildman–Crippen MR) is 62.3 cm³/mol. The molecular formula is C13H26O. The maximum Gasteiger partial charge on any atom is 0.133 e. The predicted octanol–water partition coefficient (Wildman–Crippen LogP) is 4.06. The molecule has 0 bridgehead atoms. The molecule has 1 unspecified atom stereocenters. The normalized spacial score (nSPS) is 13.6. The molecule has 0 heterocycles. The molecule has 0 aliphatic rings. The fraction of sp³-hybridized carbons (Fsp3) is 0.923. The highest BCUT2D eigenvalue weighted by Gasteiger charge is 2.17. The molecule has 0 aliphatic carbocycles. The van der Waals surface area contributed by atoms with E-state index in [0.29, 0.717) is 17.6 Å². The van der Waals surface area contributed by atoms with Crippen LogP contribution in [0.2, 0.25) is 0 Å². The lowest BCUT2D eigenvalue weighted by atomic mass is 9.87. The van der Waals surface area contributed by atoms with Gasteiger partial charge in [-0.05, 0) is 25.2 Å². The van der Waals surface area contributed by atoms with E-state index in [1.54, 1.807) is 6.92 Å². The van der Waals surface area contributed by atoms with Crippen LogP contribution in [-0.2, 0) is 4.79 Å². The maximum absolute atomic E-state index is 11.3. The Kier molecular flexibility index (Phi) is 6.86. The molecular weight excluding hydrogens is 172 g/mol. The molecule has 0 N–H and O–H groups in total. The molecule has 1 atom stereocenters. The summed E-state index contributed by atoms with van der Waals surface area (Å²) in [5, 5.41) is 0. The first-order valence-corrected chi connectivity index (χ1v) is 5.95. The first kappa shape index (κ1) is 13.7. The summed E-state index contributed by atoms with van der Waals surface area (Å²) in [5.41, 5.74) is 0. The SMILES string of the molecule is CC(=O)C(CCCCC(C)C)C(C)C. The second-order valence-corrected chi connectivity index (χ2v) is 5.14. The number of rotatable bonds is 7. The summed E-state index contributed by atoms with van der Waals surface area (Å²) in [4.78, 5) is 11.3. The maximum atomic E-state index is 11.3. The van der Waals surface area contributed by atoms with Crippen molar-refractivity contribution in [1.29, 1.82) is 0 Å². The van der Waals surface area contributed by atoms with Crippen molar-refractivity contribution in [1.82, 2.24) is 0 Å². The number of hydrogen-bond acceptors (Lipinski definition) is 1. The topological polar surface area (TPSA) is 17.1 Å². The molecule has 0 rings (SSSR count). The minimum absolute atomic E-state index is 0.294. The lowest BCUT2D eigenvalue weighted by Gasteiger charge is -2.17. The molecule has 0 saturated heterocycles. The van der Waals surface area contributed by atoms with Crippen molar-refractivity contribution in [2.75, 3.05) is 0 Å². The second kappa shape index (κ2) is 7.03. The summed E-state index contributed by atoms with van der Waals surface area (Å²) in [5.74, 6) is 1.96. The quantitative estimate of drug-likeness (QED) is 0.564. The number of hydrogen-bond donors (Lipinski definition) is 0. The average Bonchev–Trinajstić information content (AvgIpc) is 2.01. The zero-order valence-corrected chi connectivity index (χ0v) is 10.5. The Morgan fingerprint density at radius 1 is 1.00 bits per heavy atom. The Balaban J connectivity index is 3.67. The van der Waals surface area contributed by atoms with E-state index in [4.69, 9.17) is 0 Å². The van der Waals surface area contributed by atoms with Crippen LogP contribution in [0.3, 0.4) is 0 Å². The summed E-state index contributed by atoms with van der Waals surface area (Å²) in [6.07, 6.45) is 4.86. The molecule has 0 aromatic rings. The van der Waals surface area contributed by atoms with E-state index >= 15 is 0 Å². The summed E-state index contributed by atoms with van der Waals surface area (Å²) in [6, 6.07) is 0. The van der Waals surface area contributed by atoms with Crippen molar-refractivity contribution in [2.24, 2.45) is 17.8 Å². The van der Waals surface area contributed by atoms with E-state index in [2.05, 4.69) is 27.7 Å². The smallest absolute Gasteiger partial charge is 0.133 e. The van der Waals surface area contributed by atoms with Crippen molar-refractivity contribution in [3.05, 3.63) is 0 Å². The van der Waals surface area contributed by atoms with Crippen LogP contribution in [-0.4, -0.2) is 5.78 Å². The molecule has 0 fully saturated rings. The number of ketones is 1. The third-order valence-corrected chi connectivity index (χ3v) is 2.87. The fourth-order valence-electron chi connectivity index (χ4n) is 1.92. The monoisotopic (exact) mass is 198 g/mol. The standard InChI is InChI=1S/C13H26O/c1-10(2)8-6-7-9-13(11(3)4)12(5)14/h10-11,13H,6-9H2,1-5H3. The Labute approximate surface area is 89.3 Å². The average molecular weight is 198 g/mol. The van der Waals surface area contributed by atoms with Gasteiger partial charge in [-0.25, -0.2) is 0 Å². The van der Waals surface area contributed by atoms with Gasteiger partial charge in [0.2, 0.25) is 0 Å². The van der Waals surface area contributed by atoms with Crippen LogP contribution in [0.4, 0.5) is 0 Å². The summed E-state index contributed by atoms with van der Waals surface area (Å²) in [7, 11) is 0. The second-order valence-electron chi connectivity index (χ2n) is 5.14. The third kappa shape index (κ3) is 6.17. The number of carbonyl (C=O) groups is 1. The van der Waals surface area contributed by atoms with Gasteiger partial charge in [-0.2, -0.15) is 0 Å². The Bertz CT molecular complexity index is 159. The summed E-state index contributed by atoms with van der Waals surface area (Å²) in [6.45, 7) is 10.5.